The summed E-state index contributed by atoms with van der Waals surface area (Å²) >= 11 is 3.35. The molecule has 62 valence electrons. The highest BCUT2D eigenvalue weighted by atomic mass is 79.9. The summed E-state index contributed by atoms with van der Waals surface area (Å²) in [5.74, 6) is 0. The van der Waals surface area contributed by atoms with Gasteiger partial charge >= 0.3 is 0 Å². The molecule has 1 aromatic carbocycles. The van der Waals surface area contributed by atoms with Crippen molar-refractivity contribution in [1.29, 1.82) is 0 Å². The van der Waals surface area contributed by atoms with Crippen LogP contribution in [0.15, 0.2) is 28.7 Å². The third-order valence-electron chi connectivity index (χ3n) is 1.01. The predicted molar refractivity (Wildman–Crippen MR) is 54.8 cm³/mol. The number of hydrogen-bond donors (Lipinski definition) is 0. The first-order chi connectivity index (χ1) is 5.20. The normalized spacial score (nSPS) is 8.36. The largest absolute Gasteiger partial charge is 0.0656 e. The third kappa shape index (κ3) is 6.11. The van der Waals surface area contributed by atoms with Crippen molar-refractivity contribution in [3.8, 4) is 0 Å². The van der Waals surface area contributed by atoms with Gasteiger partial charge in [-0.15, -0.1) is 0 Å². The predicted octanol–water partition coefficient (Wildman–Crippen LogP) is 4.17. The van der Waals surface area contributed by atoms with Gasteiger partial charge in [0.1, 0.15) is 0 Å². The van der Waals surface area contributed by atoms with E-state index in [1.54, 1.807) is 0 Å². The van der Waals surface area contributed by atoms with E-state index in [4.69, 9.17) is 0 Å². The number of halogens is 1. The zero-order chi connectivity index (χ0) is 8.69. The smallest absolute Gasteiger partial charge is 0.0175 e. The lowest BCUT2D eigenvalue weighted by Gasteiger charge is -1.88. The highest BCUT2D eigenvalue weighted by Gasteiger charge is 1.81. The Labute approximate surface area is 77.8 Å². The molecule has 0 saturated carbocycles. The van der Waals surface area contributed by atoms with Crippen LogP contribution in [0.25, 0.3) is 0 Å². The number of rotatable bonds is 0. The molecule has 0 aliphatic heterocycles. The zero-order valence-electron chi connectivity index (χ0n) is 7.39. The highest BCUT2D eigenvalue weighted by Crippen LogP contribution is 2.08. The Balaban J connectivity index is 0.000000292. The van der Waals surface area contributed by atoms with Crippen LogP contribution in [0.5, 0.6) is 0 Å². The second-order valence-electron chi connectivity index (χ2n) is 2.50. The van der Waals surface area contributed by atoms with Gasteiger partial charge in [0.25, 0.3) is 0 Å². The van der Waals surface area contributed by atoms with Crippen LogP contribution >= 0.6 is 15.9 Å². The second-order valence-corrected chi connectivity index (χ2v) is 3.42. The van der Waals surface area contributed by atoms with E-state index in [9.17, 15) is 0 Å². The van der Waals surface area contributed by atoms with Gasteiger partial charge in [0.2, 0.25) is 0 Å². The van der Waals surface area contributed by atoms with Crippen molar-refractivity contribution >= 4 is 15.9 Å². The Morgan fingerprint density at radius 2 is 1.45 bits per heavy atom. The first-order valence-corrected chi connectivity index (χ1v) is 4.72. The number of aryl methyl sites for hydroxylation is 1. The van der Waals surface area contributed by atoms with Crippen molar-refractivity contribution in [3.05, 3.63) is 34.3 Å². The minimum Gasteiger partial charge on any atom is -0.0656 e. The molecule has 1 aromatic rings. The van der Waals surface area contributed by atoms with Crippen molar-refractivity contribution in [1.82, 2.24) is 0 Å². The molecular formula is C10H15Br. The molecule has 0 N–H and O–H groups in total. The molecule has 0 bridgehead atoms. The summed E-state index contributed by atoms with van der Waals surface area (Å²) in [6.45, 7) is 6.33. The summed E-state index contributed by atoms with van der Waals surface area (Å²) < 4.78 is 1.14. The van der Waals surface area contributed by atoms with E-state index in [0.717, 1.165) is 4.47 Å². The lowest BCUT2D eigenvalue weighted by Crippen LogP contribution is -1.66. The Morgan fingerprint density at radius 1 is 1.09 bits per heavy atom. The molecular weight excluding hydrogens is 200 g/mol. The Hall–Kier alpha value is -0.300. The fourth-order valence-electron chi connectivity index (χ4n) is 0.533. The van der Waals surface area contributed by atoms with E-state index in [0.29, 0.717) is 0 Å². The zero-order valence-corrected chi connectivity index (χ0v) is 8.98. The van der Waals surface area contributed by atoms with Gasteiger partial charge in [-0.1, -0.05) is 53.9 Å². The van der Waals surface area contributed by atoms with E-state index >= 15 is 0 Å². The van der Waals surface area contributed by atoms with Crippen LogP contribution in [0.1, 0.15) is 25.8 Å². The average molecular weight is 215 g/mol. The minimum atomic E-state index is 1.14. The lowest BCUT2D eigenvalue weighted by atomic mass is 10.2. The molecule has 11 heavy (non-hydrogen) atoms. The molecule has 0 unspecified atom stereocenters. The van der Waals surface area contributed by atoms with Gasteiger partial charge in [0.05, 0.1) is 0 Å². The third-order valence-corrected chi connectivity index (χ3v) is 1.54. The van der Waals surface area contributed by atoms with E-state index in [2.05, 4.69) is 48.8 Å². The molecule has 0 fully saturated rings. The van der Waals surface area contributed by atoms with E-state index < -0.39 is 0 Å². The molecule has 1 heteroatoms. The van der Waals surface area contributed by atoms with Crippen LogP contribution in [0.2, 0.25) is 0 Å². The molecule has 0 amide bonds. The van der Waals surface area contributed by atoms with Crippen molar-refractivity contribution in [2.45, 2.75) is 27.2 Å². The molecule has 0 radical (unpaired) electrons. The van der Waals surface area contributed by atoms with Gasteiger partial charge in [0.15, 0.2) is 0 Å². The van der Waals surface area contributed by atoms with Crippen LogP contribution in [0.4, 0.5) is 0 Å². The van der Waals surface area contributed by atoms with Crippen LogP contribution in [-0.2, 0) is 0 Å². The van der Waals surface area contributed by atoms with Gasteiger partial charge in [-0.2, -0.15) is 0 Å². The van der Waals surface area contributed by atoms with Crippen LogP contribution in [0, 0.1) is 6.92 Å². The maximum absolute atomic E-state index is 3.35. The minimum absolute atomic E-state index is 1.14. The fraction of sp³-hybridized carbons (Fsp3) is 0.400. The van der Waals surface area contributed by atoms with Crippen LogP contribution < -0.4 is 0 Å². The molecule has 0 aliphatic carbocycles. The Kier molecular flexibility index (Phi) is 6.24. The molecule has 0 saturated heterocycles. The summed E-state index contributed by atoms with van der Waals surface area (Å²) in [7, 11) is 0. The quantitative estimate of drug-likeness (QED) is 0.609. The molecule has 0 aromatic heterocycles. The van der Waals surface area contributed by atoms with Crippen molar-refractivity contribution in [2.24, 2.45) is 0 Å². The van der Waals surface area contributed by atoms with Gasteiger partial charge in [0, 0.05) is 4.47 Å². The van der Waals surface area contributed by atoms with Crippen molar-refractivity contribution in [3.63, 3.8) is 0 Å². The molecule has 0 atom stereocenters. The summed E-state index contributed by atoms with van der Waals surface area (Å²) in [6, 6.07) is 8.22. The van der Waals surface area contributed by atoms with E-state index in [1.807, 2.05) is 12.1 Å². The lowest BCUT2D eigenvalue weighted by molar-refractivity contribution is 1.09. The highest BCUT2D eigenvalue weighted by molar-refractivity contribution is 9.10. The van der Waals surface area contributed by atoms with Gasteiger partial charge in [-0.25, -0.2) is 0 Å². The molecule has 0 aliphatic rings. The SMILES string of the molecule is CCC.Cc1ccc(Br)cc1. The van der Waals surface area contributed by atoms with Gasteiger partial charge in [-0.05, 0) is 19.1 Å². The molecule has 0 heterocycles. The molecule has 0 nitrogen and oxygen atoms in total. The first-order valence-electron chi connectivity index (χ1n) is 3.92. The summed E-state index contributed by atoms with van der Waals surface area (Å²) in [6.07, 6.45) is 1.25. The maximum atomic E-state index is 3.35. The van der Waals surface area contributed by atoms with Crippen molar-refractivity contribution in [2.75, 3.05) is 0 Å². The van der Waals surface area contributed by atoms with Crippen molar-refractivity contribution < 1.29 is 0 Å². The number of hydrogen-bond acceptors (Lipinski definition) is 0. The topological polar surface area (TPSA) is 0 Å². The Morgan fingerprint density at radius 3 is 1.73 bits per heavy atom. The van der Waals surface area contributed by atoms with Gasteiger partial charge < -0.3 is 0 Å². The van der Waals surface area contributed by atoms with Crippen LogP contribution in [-0.4, -0.2) is 0 Å². The Bertz CT molecular complexity index is 156. The fourth-order valence-corrected chi connectivity index (χ4v) is 0.798. The number of benzene rings is 1. The second kappa shape index (κ2) is 6.41. The average Bonchev–Trinajstić information content (AvgIpc) is 1.97. The van der Waals surface area contributed by atoms with Crippen LogP contribution in [0.3, 0.4) is 0 Å². The van der Waals surface area contributed by atoms with E-state index in [1.165, 1.54) is 12.0 Å². The summed E-state index contributed by atoms with van der Waals surface area (Å²) in [5, 5.41) is 0. The first kappa shape index (κ1) is 10.7. The molecule has 1 rings (SSSR count). The monoisotopic (exact) mass is 214 g/mol. The van der Waals surface area contributed by atoms with E-state index in [-0.39, 0.29) is 0 Å². The maximum Gasteiger partial charge on any atom is 0.0175 e. The standard InChI is InChI=1S/C7H7Br.C3H8/c1-6-2-4-7(8)5-3-6;1-3-2/h2-5H,1H3;3H2,1-2H3. The summed E-state index contributed by atoms with van der Waals surface area (Å²) in [5.41, 5.74) is 1.30. The van der Waals surface area contributed by atoms with Gasteiger partial charge in [-0.3, -0.25) is 0 Å². The molecule has 0 spiro atoms. The summed E-state index contributed by atoms with van der Waals surface area (Å²) in [4.78, 5) is 0.